The smallest absolute Gasteiger partial charge is 0.101 e. The summed E-state index contributed by atoms with van der Waals surface area (Å²) in [4.78, 5) is 0. The third-order valence-corrected chi connectivity index (χ3v) is 2.02. The maximum atomic E-state index is 5.58. The zero-order valence-corrected chi connectivity index (χ0v) is 6.94. The first-order valence-electron chi connectivity index (χ1n) is 4.30. The number of rotatable bonds is 1. The van der Waals surface area contributed by atoms with Crippen molar-refractivity contribution in [1.82, 2.24) is 0 Å². The van der Waals surface area contributed by atoms with Crippen LogP contribution in [-0.2, 0) is 4.74 Å². The van der Waals surface area contributed by atoms with Gasteiger partial charge in [0.25, 0.3) is 0 Å². The Kier molecular flexibility index (Phi) is 2.23. The Morgan fingerprint density at radius 3 is 2.67 bits per heavy atom. The van der Waals surface area contributed by atoms with E-state index in [9.17, 15) is 0 Å². The topological polar surface area (TPSA) is 9.23 Å². The molecule has 0 bridgehead atoms. The lowest BCUT2D eigenvalue weighted by Crippen LogP contribution is -2.06. The van der Waals surface area contributed by atoms with E-state index < -0.39 is 0 Å². The fourth-order valence-corrected chi connectivity index (χ4v) is 1.39. The second kappa shape index (κ2) is 3.55. The van der Waals surface area contributed by atoms with Gasteiger partial charge in [-0.15, -0.1) is 0 Å². The molecule has 0 unspecified atom stereocenters. The number of benzene rings is 1. The highest BCUT2D eigenvalue weighted by molar-refractivity contribution is 5.21. The second-order valence-electron chi connectivity index (χ2n) is 2.92. The maximum Gasteiger partial charge on any atom is 0.101 e. The zero-order chi connectivity index (χ0) is 8.23. The molecule has 0 spiro atoms. The minimum Gasteiger partial charge on any atom is -0.369 e. The van der Waals surface area contributed by atoms with Crippen LogP contribution in [0.5, 0.6) is 0 Å². The van der Waals surface area contributed by atoms with E-state index in [-0.39, 0.29) is 6.10 Å². The molecule has 2 rings (SSSR count). The van der Waals surface area contributed by atoms with Gasteiger partial charge in [-0.3, -0.25) is 0 Å². The Balaban J connectivity index is 2.19. The Hall–Kier alpha value is -1.08. The molecule has 0 saturated carbocycles. The molecule has 1 atom stereocenters. The van der Waals surface area contributed by atoms with Crippen molar-refractivity contribution in [2.45, 2.75) is 12.5 Å². The fourth-order valence-electron chi connectivity index (χ4n) is 1.39. The molecule has 1 aliphatic rings. The van der Waals surface area contributed by atoms with E-state index >= 15 is 0 Å². The molecule has 0 aromatic heterocycles. The van der Waals surface area contributed by atoms with Gasteiger partial charge in [-0.1, -0.05) is 42.5 Å². The molecule has 0 saturated heterocycles. The molecule has 1 nitrogen and oxygen atoms in total. The molecule has 0 radical (unpaired) electrons. The number of hydrogen-bond acceptors (Lipinski definition) is 1. The molecule has 12 heavy (non-hydrogen) atoms. The summed E-state index contributed by atoms with van der Waals surface area (Å²) in [5, 5.41) is 0. The van der Waals surface area contributed by atoms with Crippen LogP contribution >= 0.6 is 0 Å². The van der Waals surface area contributed by atoms with E-state index in [0.29, 0.717) is 0 Å². The van der Waals surface area contributed by atoms with E-state index in [1.165, 1.54) is 5.56 Å². The minimum absolute atomic E-state index is 0.181. The van der Waals surface area contributed by atoms with Crippen molar-refractivity contribution in [3.63, 3.8) is 0 Å². The fraction of sp³-hybridized carbons (Fsp3) is 0.273. The normalized spacial score (nSPS) is 22.5. The highest BCUT2D eigenvalue weighted by Crippen LogP contribution is 2.21. The summed E-state index contributed by atoms with van der Waals surface area (Å²) >= 11 is 0. The van der Waals surface area contributed by atoms with Crippen molar-refractivity contribution in [3.8, 4) is 0 Å². The lowest BCUT2D eigenvalue weighted by molar-refractivity contribution is 0.0801. The Morgan fingerprint density at radius 2 is 2.00 bits per heavy atom. The van der Waals surface area contributed by atoms with Crippen LogP contribution in [0.1, 0.15) is 18.1 Å². The van der Waals surface area contributed by atoms with Crippen LogP contribution in [0.2, 0.25) is 0 Å². The summed E-state index contributed by atoms with van der Waals surface area (Å²) in [7, 11) is 0. The molecule has 1 heterocycles. The van der Waals surface area contributed by atoms with E-state index in [2.05, 4.69) is 24.3 Å². The van der Waals surface area contributed by atoms with Gasteiger partial charge in [-0.25, -0.2) is 0 Å². The van der Waals surface area contributed by atoms with Crippen molar-refractivity contribution in [2.24, 2.45) is 0 Å². The molecule has 0 fully saturated rings. The molecule has 1 aromatic rings. The molecule has 1 aliphatic heterocycles. The van der Waals surface area contributed by atoms with Crippen molar-refractivity contribution < 1.29 is 4.74 Å². The Labute approximate surface area is 72.7 Å². The molecule has 1 heteroatoms. The summed E-state index contributed by atoms with van der Waals surface area (Å²) in [5.41, 5.74) is 1.24. The molecule has 62 valence electrons. The molecule has 0 N–H and O–H groups in total. The van der Waals surface area contributed by atoms with Crippen molar-refractivity contribution in [3.05, 3.63) is 48.0 Å². The van der Waals surface area contributed by atoms with Crippen molar-refractivity contribution >= 4 is 0 Å². The quantitative estimate of drug-likeness (QED) is 0.574. The SMILES string of the molecule is C1=C[C@@H](c2ccccc2)OCC1. The van der Waals surface area contributed by atoms with Crippen LogP contribution in [0.15, 0.2) is 42.5 Å². The van der Waals surface area contributed by atoms with Gasteiger partial charge in [0.15, 0.2) is 0 Å². The monoisotopic (exact) mass is 160 g/mol. The van der Waals surface area contributed by atoms with Crippen molar-refractivity contribution in [2.75, 3.05) is 6.61 Å². The lowest BCUT2D eigenvalue weighted by atomic mass is 10.1. The Morgan fingerprint density at radius 1 is 1.17 bits per heavy atom. The molecule has 0 amide bonds. The van der Waals surface area contributed by atoms with Gasteiger partial charge in [0, 0.05) is 0 Å². The minimum atomic E-state index is 0.181. The van der Waals surface area contributed by atoms with E-state index in [0.717, 1.165) is 13.0 Å². The predicted octanol–water partition coefficient (Wildman–Crippen LogP) is 2.70. The van der Waals surface area contributed by atoms with Crippen LogP contribution in [-0.4, -0.2) is 6.61 Å². The first-order valence-corrected chi connectivity index (χ1v) is 4.30. The summed E-state index contributed by atoms with van der Waals surface area (Å²) in [6, 6.07) is 10.3. The average Bonchev–Trinajstić information content (AvgIpc) is 2.21. The average molecular weight is 160 g/mol. The third kappa shape index (κ3) is 1.56. The first-order chi connectivity index (χ1) is 5.97. The maximum absolute atomic E-state index is 5.58. The third-order valence-electron chi connectivity index (χ3n) is 2.02. The summed E-state index contributed by atoms with van der Waals surface area (Å²) < 4.78 is 5.58. The van der Waals surface area contributed by atoms with Crippen LogP contribution in [0.25, 0.3) is 0 Å². The number of hydrogen-bond donors (Lipinski definition) is 0. The molecule has 0 aliphatic carbocycles. The number of ether oxygens (including phenoxy) is 1. The summed E-state index contributed by atoms with van der Waals surface area (Å²) in [6.07, 6.45) is 5.53. The van der Waals surface area contributed by atoms with Gasteiger partial charge in [-0.05, 0) is 12.0 Å². The van der Waals surface area contributed by atoms with E-state index in [1.807, 2.05) is 18.2 Å². The van der Waals surface area contributed by atoms with Crippen molar-refractivity contribution in [1.29, 1.82) is 0 Å². The summed E-state index contributed by atoms with van der Waals surface area (Å²) in [5.74, 6) is 0. The van der Waals surface area contributed by atoms with Crippen LogP contribution < -0.4 is 0 Å². The highest BCUT2D eigenvalue weighted by Gasteiger charge is 2.09. The van der Waals surface area contributed by atoms with Crippen LogP contribution in [0.4, 0.5) is 0 Å². The second-order valence-corrected chi connectivity index (χ2v) is 2.92. The zero-order valence-electron chi connectivity index (χ0n) is 6.94. The van der Waals surface area contributed by atoms with E-state index in [4.69, 9.17) is 4.74 Å². The van der Waals surface area contributed by atoms with Gasteiger partial charge in [0.05, 0.1) is 6.61 Å². The Bertz CT molecular complexity index is 264. The molecular weight excluding hydrogens is 148 g/mol. The molecular formula is C11H12O. The summed E-state index contributed by atoms with van der Waals surface area (Å²) in [6.45, 7) is 0.843. The standard InChI is InChI=1S/C11H12O/c1-2-6-10(7-3-1)11-8-4-5-9-12-11/h1-4,6-8,11H,5,9H2/t11-/m0/s1. The van der Waals surface area contributed by atoms with Gasteiger partial charge < -0.3 is 4.74 Å². The van der Waals surface area contributed by atoms with Gasteiger partial charge >= 0.3 is 0 Å². The van der Waals surface area contributed by atoms with Gasteiger partial charge in [0.2, 0.25) is 0 Å². The van der Waals surface area contributed by atoms with Gasteiger partial charge in [-0.2, -0.15) is 0 Å². The molecule has 1 aromatic carbocycles. The first kappa shape index (κ1) is 7.56. The predicted molar refractivity (Wildman–Crippen MR) is 48.9 cm³/mol. The van der Waals surface area contributed by atoms with E-state index in [1.54, 1.807) is 0 Å². The van der Waals surface area contributed by atoms with Crippen LogP contribution in [0.3, 0.4) is 0 Å². The highest BCUT2D eigenvalue weighted by atomic mass is 16.5. The lowest BCUT2D eigenvalue weighted by Gasteiger charge is -2.17. The van der Waals surface area contributed by atoms with Crippen LogP contribution in [0, 0.1) is 0 Å². The van der Waals surface area contributed by atoms with Gasteiger partial charge in [0.1, 0.15) is 6.10 Å². The largest absolute Gasteiger partial charge is 0.369 e.